The average molecular weight is 328 g/mol. The van der Waals surface area contributed by atoms with Gasteiger partial charge in [-0.25, -0.2) is 14.4 Å². The maximum absolute atomic E-state index is 12.6. The number of esters is 4. The van der Waals surface area contributed by atoms with Gasteiger partial charge in [0.05, 0.1) is 7.11 Å². The molecule has 0 radical (unpaired) electrons. The average Bonchev–Trinajstić information content (AvgIpc) is 2.71. The summed E-state index contributed by atoms with van der Waals surface area (Å²) < 4.78 is 19.6. The third-order valence-electron chi connectivity index (χ3n) is 3.30. The number of carbonyl (C=O) groups is 4. The highest BCUT2D eigenvalue weighted by atomic mass is 16.7. The Balaban J connectivity index is 3.50. The molecular formula is C15H20O8. The normalized spacial score (nSPS) is 26.9. The molecule has 1 fully saturated rings. The molecule has 0 spiro atoms. The van der Waals surface area contributed by atoms with E-state index >= 15 is 0 Å². The topological polar surface area (TPSA) is 105 Å². The molecule has 1 saturated heterocycles. The lowest BCUT2D eigenvalue weighted by atomic mass is 9.75. The van der Waals surface area contributed by atoms with Gasteiger partial charge in [0.25, 0.3) is 0 Å². The van der Waals surface area contributed by atoms with Crippen LogP contribution < -0.4 is 0 Å². The van der Waals surface area contributed by atoms with Crippen LogP contribution in [0, 0.1) is 5.41 Å². The first-order valence-corrected chi connectivity index (χ1v) is 6.79. The molecule has 0 saturated carbocycles. The Hall–Kier alpha value is -2.38. The van der Waals surface area contributed by atoms with Crippen LogP contribution in [0.25, 0.3) is 0 Å². The van der Waals surface area contributed by atoms with E-state index in [1.54, 1.807) is 20.8 Å². The monoisotopic (exact) mass is 328 g/mol. The molecule has 0 aromatic heterocycles. The van der Waals surface area contributed by atoms with Gasteiger partial charge in [0.15, 0.2) is 5.41 Å². The van der Waals surface area contributed by atoms with Gasteiger partial charge in [0, 0.05) is 6.08 Å². The van der Waals surface area contributed by atoms with Crippen LogP contribution in [0.4, 0.5) is 0 Å². The van der Waals surface area contributed by atoms with Crippen LogP contribution in [0.2, 0.25) is 0 Å². The second-order valence-electron chi connectivity index (χ2n) is 6.21. The van der Waals surface area contributed by atoms with Crippen molar-refractivity contribution in [2.45, 2.75) is 38.9 Å². The van der Waals surface area contributed by atoms with Crippen LogP contribution in [-0.4, -0.2) is 48.8 Å². The molecule has 0 aromatic rings. The summed E-state index contributed by atoms with van der Waals surface area (Å²) >= 11 is 0. The number of cyclic esters (lactones) is 1. The highest BCUT2D eigenvalue weighted by Crippen LogP contribution is 2.44. The molecule has 1 aliphatic heterocycles. The van der Waals surface area contributed by atoms with E-state index in [0.717, 1.165) is 13.2 Å². The molecule has 8 heteroatoms. The minimum atomic E-state index is -2.60. The first-order chi connectivity index (χ1) is 10.4. The Bertz CT molecular complexity index is 558. The molecule has 0 N–H and O–H groups in total. The first kappa shape index (κ1) is 18.7. The van der Waals surface area contributed by atoms with E-state index < -0.39 is 47.1 Å². The predicted octanol–water partition coefficient (Wildman–Crippen LogP) is 0.532. The zero-order valence-corrected chi connectivity index (χ0v) is 13.8. The third-order valence-corrected chi connectivity index (χ3v) is 3.30. The highest BCUT2D eigenvalue weighted by Gasteiger charge is 2.74. The Labute approximate surface area is 133 Å². The number of ether oxygens (including phenoxy) is 4. The fraction of sp³-hybridized carbons (Fsp3) is 0.600. The Morgan fingerprint density at radius 1 is 1.26 bits per heavy atom. The van der Waals surface area contributed by atoms with Crippen LogP contribution in [0.3, 0.4) is 0 Å². The number of hydrogen-bond donors (Lipinski definition) is 0. The van der Waals surface area contributed by atoms with Crippen LogP contribution in [0.15, 0.2) is 12.7 Å². The summed E-state index contributed by atoms with van der Waals surface area (Å²) in [6, 6.07) is 0. The fourth-order valence-electron chi connectivity index (χ4n) is 2.11. The number of carbonyl (C=O) groups excluding carboxylic acids is 4. The summed E-state index contributed by atoms with van der Waals surface area (Å²) in [5.74, 6) is -4.44. The smallest absolute Gasteiger partial charge is 0.364 e. The lowest BCUT2D eigenvalue weighted by Gasteiger charge is -2.35. The Morgan fingerprint density at radius 3 is 2.26 bits per heavy atom. The third kappa shape index (κ3) is 3.06. The summed E-state index contributed by atoms with van der Waals surface area (Å²) in [4.78, 5) is 48.7. The second kappa shape index (κ2) is 6.02. The minimum Gasteiger partial charge on any atom is -0.468 e. The zero-order chi connectivity index (χ0) is 18.1. The van der Waals surface area contributed by atoms with Crippen molar-refractivity contribution in [1.82, 2.24) is 0 Å². The summed E-state index contributed by atoms with van der Waals surface area (Å²) in [5, 5.41) is 0. The van der Waals surface area contributed by atoms with Gasteiger partial charge in [-0.3, -0.25) is 4.79 Å². The van der Waals surface area contributed by atoms with Gasteiger partial charge in [0.2, 0.25) is 0 Å². The van der Waals surface area contributed by atoms with Crippen molar-refractivity contribution in [2.75, 3.05) is 13.7 Å². The molecule has 1 heterocycles. The molecule has 0 bridgehead atoms. The lowest BCUT2D eigenvalue weighted by Crippen LogP contribution is -2.62. The van der Waals surface area contributed by atoms with E-state index in [1.165, 1.54) is 6.92 Å². The molecule has 2 atom stereocenters. The van der Waals surface area contributed by atoms with E-state index in [4.69, 9.17) is 14.2 Å². The summed E-state index contributed by atoms with van der Waals surface area (Å²) in [6.07, 6.45) is 0.759. The van der Waals surface area contributed by atoms with E-state index in [2.05, 4.69) is 11.3 Å². The highest BCUT2D eigenvalue weighted by molar-refractivity contribution is 6.12. The maximum atomic E-state index is 12.6. The van der Waals surface area contributed by atoms with Crippen molar-refractivity contribution in [1.29, 1.82) is 0 Å². The maximum Gasteiger partial charge on any atom is 0.364 e. The summed E-state index contributed by atoms with van der Waals surface area (Å²) in [5.41, 5.74) is -5.48. The van der Waals surface area contributed by atoms with Gasteiger partial charge in [-0.2, -0.15) is 0 Å². The van der Waals surface area contributed by atoms with Gasteiger partial charge in [0.1, 0.15) is 12.2 Å². The SMILES string of the molecule is C=CC(=O)OC1(C(=O)OC(C)(C)C)C(=O)OCC1(C)C(=O)OC. The predicted molar refractivity (Wildman–Crippen MR) is 75.9 cm³/mol. The standard InChI is InChI=1S/C15H20O8/c1-7-9(16)22-15(12(19)23-13(2,3)4)11(18)21-8-14(15,5)10(17)20-6/h7H,1,8H2,2-6H3. The lowest BCUT2D eigenvalue weighted by molar-refractivity contribution is -0.206. The molecule has 128 valence electrons. The molecule has 0 aromatic carbocycles. The van der Waals surface area contributed by atoms with Crippen molar-refractivity contribution >= 4 is 23.9 Å². The minimum absolute atomic E-state index is 0.498. The quantitative estimate of drug-likeness (QED) is 0.318. The van der Waals surface area contributed by atoms with Crippen molar-refractivity contribution in [3.8, 4) is 0 Å². The van der Waals surface area contributed by atoms with Crippen LogP contribution in [0.1, 0.15) is 27.7 Å². The van der Waals surface area contributed by atoms with Crippen LogP contribution in [-0.2, 0) is 38.1 Å². The second-order valence-corrected chi connectivity index (χ2v) is 6.21. The van der Waals surface area contributed by atoms with Crippen molar-refractivity contribution in [2.24, 2.45) is 5.41 Å². The zero-order valence-electron chi connectivity index (χ0n) is 13.8. The first-order valence-electron chi connectivity index (χ1n) is 6.79. The Kier molecular flexibility index (Phi) is 4.88. The molecule has 1 rings (SSSR count). The molecule has 8 nitrogen and oxygen atoms in total. The van der Waals surface area contributed by atoms with Crippen LogP contribution in [0.5, 0.6) is 0 Å². The van der Waals surface area contributed by atoms with Crippen molar-refractivity contribution in [3.63, 3.8) is 0 Å². The molecule has 0 amide bonds. The number of hydrogen-bond acceptors (Lipinski definition) is 8. The van der Waals surface area contributed by atoms with Gasteiger partial charge in [-0.15, -0.1) is 0 Å². The Morgan fingerprint density at radius 2 is 1.83 bits per heavy atom. The molecule has 1 aliphatic rings. The largest absolute Gasteiger partial charge is 0.468 e. The van der Waals surface area contributed by atoms with Gasteiger partial charge >= 0.3 is 29.5 Å². The van der Waals surface area contributed by atoms with Crippen LogP contribution >= 0.6 is 0 Å². The van der Waals surface area contributed by atoms with E-state index in [0.29, 0.717) is 0 Å². The van der Waals surface area contributed by atoms with E-state index in [1.807, 2.05) is 0 Å². The molecule has 2 unspecified atom stereocenters. The van der Waals surface area contributed by atoms with Gasteiger partial charge < -0.3 is 18.9 Å². The molecule has 0 aliphatic carbocycles. The van der Waals surface area contributed by atoms with Crippen molar-refractivity contribution in [3.05, 3.63) is 12.7 Å². The van der Waals surface area contributed by atoms with Crippen molar-refractivity contribution < 1.29 is 38.1 Å². The van der Waals surface area contributed by atoms with Gasteiger partial charge in [-0.1, -0.05) is 6.58 Å². The fourth-order valence-corrected chi connectivity index (χ4v) is 2.11. The summed E-state index contributed by atoms with van der Waals surface area (Å²) in [6.45, 7) is 8.62. The van der Waals surface area contributed by atoms with Gasteiger partial charge in [-0.05, 0) is 27.7 Å². The van der Waals surface area contributed by atoms with E-state index in [9.17, 15) is 19.2 Å². The van der Waals surface area contributed by atoms with E-state index in [-0.39, 0.29) is 0 Å². The number of rotatable bonds is 4. The summed E-state index contributed by atoms with van der Waals surface area (Å²) in [7, 11) is 1.07. The number of methoxy groups -OCH3 is 1. The molecule has 23 heavy (non-hydrogen) atoms. The molecular weight excluding hydrogens is 308 g/mol.